The van der Waals surface area contributed by atoms with Gasteiger partial charge >= 0.3 is 18.7 Å². The molecule has 0 aliphatic carbocycles. The molecule has 10 heteroatoms. The molecule has 1 aliphatic heterocycles. The van der Waals surface area contributed by atoms with Crippen LogP contribution in [-0.2, 0) is 19.1 Å². The van der Waals surface area contributed by atoms with E-state index in [9.17, 15) is 23.2 Å². The van der Waals surface area contributed by atoms with Crippen LogP contribution in [0, 0.1) is 0 Å². The van der Waals surface area contributed by atoms with Gasteiger partial charge in [-0.1, -0.05) is 0 Å². The number of amides is 2. The van der Waals surface area contributed by atoms with Gasteiger partial charge in [0.15, 0.2) is 6.61 Å². The van der Waals surface area contributed by atoms with Gasteiger partial charge in [0.2, 0.25) is 0 Å². The topological polar surface area (TPSA) is 94.2 Å². The van der Waals surface area contributed by atoms with Crippen LogP contribution >= 0.6 is 0 Å². The van der Waals surface area contributed by atoms with Crippen LogP contribution < -0.4 is 10.1 Å². The molecule has 0 saturated carbocycles. The Kier molecular flexibility index (Phi) is 7.35. The molecule has 2 amide bonds. The lowest BCUT2D eigenvalue weighted by Crippen LogP contribution is -2.44. The summed E-state index contributed by atoms with van der Waals surface area (Å²) in [4.78, 5) is 37.8. The Bertz CT molecular complexity index is 733. The van der Waals surface area contributed by atoms with Crippen molar-refractivity contribution in [3.8, 4) is 5.75 Å². The lowest BCUT2D eigenvalue weighted by molar-refractivity contribution is -0.151. The maximum absolute atomic E-state index is 12.3. The van der Waals surface area contributed by atoms with E-state index >= 15 is 0 Å². The number of alkyl halides is 2. The minimum absolute atomic E-state index is 0.0482. The third kappa shape index (κ3) is 7.20. The summed E-state index contributed by atoms with van der Waals surface area (Å²) in [6.07, 6.45) is 0.441. The highest BCUT2D eigenvalue weighted by Gasteiger charge is 2.37. The summed E-state index contributed by atoms with van der Waals surface area (Å²) in [5.74, 6) is -1.35. The fourth-order valence-electron chi connectivity index (χ4n) is 2.70. The molecule has 1 fully saturated rings. The number of carbonyl (C=O) groups is 3. The van der Waals surface area contributed by atoms with E-state index in [1.54, 1.807) is 20.8 Å². The zero-order valence-electron chi connectivity index (χ0n) is 16.4. The summed E-state index contributed by atoms with van der Waals surface area (Å²) < 4.78 is 38.8. The highest BCUT2D eigenvalue weighted by atomic mass is 19.3. The molecule has 0 aromatic heterocycles. The predicted molar refractivity (Wildman–Crippen MR) is 98.6 cm³/mol. The Morgan fingerprint density at radius 1 is 1.21 bits per heavy atom. The molecule has 0 radical (unpaired) electrons. The molecule has 0 bridgehead atoms. The van der Waals surface area contributed by atoms with E-state index in [1.807, 2.05) is 0 Å². The minimum Gasteiger partial charge on any atom is -0.454 e. The summed E-state index contributed by atoms with van der Waals surface area (Å²) in [5.41, 5.74) is -0.367. The van der Waals surface area contributed by atoms with E-state index in [0.29, 0.717) is 25.1 Å². The quantitative estimate of drug-likeness (QED) is 0.719. The van der Waals surface area contributed by atoms with Crippen molar-refractivity contribution in [2.24, 2.45) is 0 Å². The van der Waals surface area contributed by atoms with Crippen molar-refractivity contribution in [2.45, 2.75) is 51.9 Å². The first kappa shape index (κ1) is 22.4. The Labute approximate surface area is 167 Å². The van der Waals surface area contributed by atoms with Gasteiger partial charge in [-0.15, -0.1) is 0 Å². The molecule has 1 aromatic rings. The van der Waals surface area contributed by atoms with Crippen molar-refractivity contribution < 1.29 is 37.4 Å². The predicted octanol–water partition coefficient (Wildman–Crippen LogP) is 3.17. The number of rotatable bonds is 6. The fraction of sp³-hybridized carbons (Fsp3) is 0.526. The van der Waals surface area contributed by atoms with E-state index in [2.05, 4.69) is 10.1 Å². The van der Waals surface area contributed by atoms with Crippen LogP contribution in [0.4, 0.5) is 19.3 Å². The Hall–Kier alpha value is -2.91. The van der Waals surface area contributed by atoms with Crippen LogP contribution in [0.15, 0.2) is 24.3 Å². The van der Waals surface area contributed by atoms with Crippen LogP contribution in [0.25, 0.3) is 0 Å². The van der Waals surface area contributed by atoms with E-state index in [-0.39, 0.29) is 5.75 Å². The summed E-state index contributed by atoms with van der Waals surface area (Å²) in [6, 6.07) is 4.48. The molecule has 1 aliphatic rings. The van der Waals surface area contributed by atoms with Crippen LogP contribution in [-0.4, -0.2) is 54.3 Å². The van der Waals surface area contributed by atoms with Gasteiger partial charge in [-0.3, -0.25) is 9.69 Å². The Balaban J connectivity index is 1.83. The number of anilines is 1. The number of ether oxygens (including phenoxy) is 3. The molecule has 160 valence electrons. The molecule has 1 N–H and O–H groups in total. The average Bonchev–Trinajstić information content (AvgIpc) is 3.09. The smallest absolute Gasteiger partial charge is 0.411 e. The van der Waals surface area contributed by atoms with Crippen molar-refractivity contribution >= 4 is 23.7 Å². The normalized spacial score (nSPS) is 16.5. The monoisotopic (exact) mass is 414 g/mol. The second-order valence-corrected chi connectivity index (χ2v) is 7.39. The van der Waals surface area contributed by atoms with Gasteiger partial charge in [-0.05, 0) is 57.9 Å². The number of halogens is 2. The maximum Gasteiger partial charge on any atom is 0.411 e. The van der Waals surface area contributed by atoms with Crippen molar-refractivity contribution in [3.05, 3.63) is 24.3 Å². The van der Waals surface area contributed by atoms with Crippen molar-refractivity contribution in [2.75, 3.05) is 18.5 Å². The van der Waals surface area contributed by atoms with E-state index in [1.165, 1.54) is 29.2 Å². The zero-order valence-corrected chi connectivity index (χ0v) is 16.4. The van der Waals surface area contributed by atoms with Gasteiger partial charge in [-0.25, -0.2) is 9.59 Å². The largest absolute Gasteiger partial charge is 0.454 e. The molecular formula is C19H24F2N2O6. The zero-order chi connectivity index (χ0) is 21.6. The highest BCUT2D eigenvalue weighted by molar-refractivity contribution is 5.93. The maximum atomic E-state index is 12.3. The third-order valence-corrected chi connectivity index (χ3v) is 3.86. The summed E-state index contributed by atoms with van der Waals surface area (Å²) in [7, 11) is 0. The number of hydrogen-bond acceptors (Lipinski definition) is 6. The van der Waals surface area contributed by atoms with Crippen molar-refractivity contribution in [1.82, 2.24) is 4.90 Å². The second-order valence-electron chi connectivity index (χ2n) is 7.39. The lowest BCUT2D eigenvalue weighted by atomic mass is 10.2. The van der Waals surface area contributed by atoms with E-state index < -0.39 is 42.8 Å². The van der Waals surface area contributed by atoms with E-state index in [0.717, 1.165) is 0 Å². The molecule has 0 spiro atoms. The van der Waals surface area contributed by atoms with Gasteiger partial charge in [-0.2, -0.15) is 8.78 Å². The Morgan fingerprint density at radius 2 is 1.86 bits per heavy atom. The molecule has 8 nitrogen and oxygen atoms in total. The summed E-state index contributed by atoms with van der Waals surface area (Å²) >= 11 is 0. The van der Waals surface area contributed by atoms with Crippen LogP contribution in [0.5, 0.6) is 5.75 Å². The number of nitrogens with one attached hydrogen (secondary N) is 1. The van der Waals surface area contributed by atoms with E-state index in [4.69, 9.17) is 9.47 Å². The summed E-state index contributed by atoms with van der Waals surface area (Å²) in [6.45, 7) is 2.06. The van der Waals surface area contributed by atoms with Crippen LogP contribution in [0.1, 0.15) is 33.6 Å². The minimum atomic E-state index is -2.94. The second kappa shape index (κ2) is 9.53. The number of hydrogen-bond donors (Lipinski definition) is 1. The third-order valence-electron chi connectivity index (χ3n) is 3.86. The molecule has 0 unspecified atom stereocenters. The average molecular weight is 414 g/mol. The van der Waals surface area contributed by atoms with Gasteiger partial charge < -0.3 is 19.5 Å². The molecule has 1 aromatic carbocycles. The van der Waals surface area contributed by atoms with Crippen LogP contribution in [0.3, 0.4) is 0 Å². The van der Waals surface area contributed by atoms with Crippen LogP contribution in [0.2, 0.25) is 0 Å². The number of esters is 1. The summed E-state index contributed by atoms with van der Waals surface area (Å²) in [5, 5.41) is 2.47. The fourth-order valence-corrected chi connectivity index (χ4v) is 2.70. The van der Waals surface area contributed by atoms with Crippen molar-refractivity contribution in [1.29, 1.82) is 0 Å². The highest BCUT2D eigenvalue weighted by Crippen LogP contribution is 2.22. The molecule has 1 atom stereocenters. The number of likely N-dealkylation sites (tertiary alicyclic amines) is 1. The SMILES string of the molecule is CC(C)(C)OC(=O)N1CCC[C@H]1C(=O)OCC(=O)Nc1ccc(OC(F)F)cc1. The molecular weight excluding hydrogens is 390 g/mol. The first-order valence-corrected chi connectivity index (χ1v) is 9.06. The molecule has 1 saturated heterocycles. The first-order chi connectivity index (χ1) is 13.5. The van der Waals surface area contributed by atoms with Gasteiger partial charge in [0.1, 0.15) is 17.4 Å². The number of benzene rings is 1. The first-order valence-electron chi connectivity index (χ1n) is 9.06. The number of carbonyl (C=O) groups excluding carboxylic acids is 3. The number of nitrogens with zero attached hydrogens (tertiary/aromatic N) is 1. The molecule has 29 heavy (non-hydrogen) atoms. The van der Waals surface area contributed by atoms with Gasteiger partial charge in [0.05, 0.1) is 0 Å². The Morgan fingerprint density at radius 3 is 2.45 bits per heavy atom. The molecule has 1 heterocycles. The standard InChI is InChI=1S/C19H24F2N2O6/c1-19(2,3)29-18(26)23-10-4-5-14(23)16(25)27-11-15(24)22-12-6-8-13(9-7-12)28-17(20)21/h6-9,14,17H,4-5,10-11H2,1-3H3,(H,22,24)/t14-/m0/s1. The van der Waals surface area contributed by atoms with Gasteiger partial charge in [0.25, 0.3) is 5.91 Å². The van der Waals surface area contributed by atoms with Gasteiger partial charge in [0, 0.05) is 12.2 Å². The van der Waals surface area contributed by atoms with Crippen molar-refractivity contribution in [3.63, 3.8) is 0 Å². The molecule has 2 rings (SSSR count). The lowest BCUT2D eigenvalue weighted by Gasteiger charge is -2.27.